The van der Waals surface area contributed by atoms with Gasteiger partial charge in [-0.05, 0) is 31.0 Å². The minimum Gasteiger partial charge on any atom is -0.339 e. The molecule has 0 spiro atoms. The van der Waals surface area contributed by atoms with Crippen molar-refractivity contribution in [2.45, 2.75) is 37.6 Å². The van der Waals surface area contributed by atoms with Crippen LogP contribution in [0.2, 0.25) is 5.02 Å². The van der Waals surface area contributed by atoms with E-state index in [2.05, 4.69) is 11.8 Å². The molecule has 2 atom stereocenters. The Bertz CT molecular complexity index is 717. The van der Waals surface area contributed by atoms with Gasteiger partial charge in [0.2, 0.25) is 11.8 Å². The second-order valence-electron chi connectivity index (χ2n) is 7.71. The molecule has 140 valence electrons. The highest BCUT2D eigenvalue weighted by molar-refractivity contribution is 6.31. The Morgan fingerprint density at radius 1 is 1.23 bits per heavy atom. The van der Waals surface area contributed by atoms with Gasteiger partial charge in [0.25, 0.3) is 0 Å². The first-order chi connectivity index (χ1) is 12.5. The van der Waals surface area contributed by atoms with Crippen LogP contribution in [0.15, 0.2) is 24.3 Å². The fourth-order valence-electron chi connectivity index (χ4n) is 4.86. The molecule has 0 N–H and O–H groups in total. The van der Waals surface area contributed by atoms with Gasteiger partial charge in [-0.1, -0.05) is 36.7 Å². The summed E-state index contributed by atoms with van der Waals surface area (Å²) < 4.78 is 0. The van der Waals surface area contributed by atoms with Crippen LogP contribution >= 0.6 is 11.6 Å². The molecule has 3 aliphatic heterocycles. The average molecular weight is 376 g/mol. The van der Waals surface area contributed by atoms with Crippen molar-refractivity contribution in [3.05, 3.63) is 34.9 Å². The van der Waals surface area contributed by atoms with E-state index in [1.807, 2.05) is 34.1 Å². The molecule has 26 heavy (non-hydrogen) atoms. The molecule has 5 nitrogen and oxygen atoms in total. The van der Waals surface area contributed by atoms with E-state index in [1.165, 1.54) is 0 Å². The third kappa shape index (κ3) is 2.81. The van der Waals surface area contributed by atoms with Gasteiger partial charge in [-0.3, -0.25) is 9.59 Å². The first-order valence-electron chi connectivity index (χ1n) is 9.61. The van der Waals surface area contributed by atoms with Crippen LogP contribution < -0.4 is 0 Å². The lowest BCUT2D eigenvalue weighted by molar-refractivity contribution is -0.139. The Kier molecular flexibility index (Phi) is 4.70. The molecule has 3 fully saturated rings. The van der Waals surface area contributed by atoms with E-state index in [-0.39, 0.29) is 17.9 Å². The van der Waals surface area contributed by atoms with E-state index < -0.39 is 5.41 Å². The lowest BCUT2D eigenvalue weighted by Crippen LogP contribution is -2.55. The van der Waals surface area contributed by atoms with Gasteiger partial charge in [-0.25, -0.2) is 0 Å². The van der Waals surface area contributed by atoms with Crippen LogP contribution in [-0.4, -0.2) is 71.8 Å². The number of carbonyl (C=O) groups excluding carboxylic acids is 2. The Morgan fingerprint density at radius 3 is 2.62 bits per heavy atom. The van der Waals surface area contributed by atoms with Gasteiger partial charge in [-0.15, -0.1) is 0 Å². The SMILES string of the molecule is CCN1CCN(C(=O)C2(c3ccccc3Cl)CC3CCC(=O)N3C2)CC1. The van der Waals surface area contributed by atoms with E-state index in [0.29, 0.717) is 24.4 Å². The molecule has 3 saturated heterocycles. The van der Waals surface area contributed by atoms with Crippen molar-refractivity contribution in [3.63, 3.8) is 0 Å². The maximum atomic E-state index is 13.7. The zero-order chi connectivity index (χ0) is 18.3. The maximum absolute atomic E-state index is 13.7. The smallest absolute Gasteiger partial charge is 0.235 e. The van der Waals surface area contributed by atoms with Crippen molar-refractivity contribution in [2.24, 2.45) is 0 Å². The van der Waals surface area contributed by atoms with Crippen molar-refractivity contribution in [1.29, 1.82) is 0 Å². The Labute approximate surface area is 159 Å². The fourth-order valence-corrected chi connectivity index (χ4v) is 5.18. The minimum absolute atomic E-state index is 0.142. The maximum Gasteiger partial charge on any atom is 0.235 e. The van der Waals surface area contributed by atoms with Crippen LogP contribution in [0.25, 0.3) is 0 Å². The van der Waals surface area contributed by atoms with E-state index >= 15 is 0 Å². The van der Waals surface area contributed by atoms with Crippen molar-refractivity contribution < 1.29 is 9.59 Å². The van der Waals surface area contributed by atoms with Crippen molar-refractivity contribution in [3.8, 4) is 0 Å². The highest BCUT2D eigenvalue weighted by Crippen LogP contribution is 2.46. The number of benzene rings is 1. The number of piperazine rings is 1. The normalized spacial score (nSPS) is 29.3. The molecule has 0 aromatic heterocycles. The van der Waals surface area contributed by atoms with Gasteiger partial charge in [0, 0.05) is 50.2 Å². The van der Waals surface area contributed by atoms with E-state index in [1.54, 1.807) is 0 Å². The number of hydrogen-bond acceptors (Lipinski definition) is 3. The third-order valence-corrected chi connectivity index (χ3v) is 6.71. The standard InChI is InChI=1S/C20H26ClN3O2/c1-2-22-9-11-23(12-10-22)19(26)20(16-5-3-4-6-17(16)21)13-15-7-8-18(25)24(15)14-20/h3-6,15H,2,7-14H2,1H3. The summed E-state index contributed by atoms with van der Waals surface area (Å²) in [6, 6.07) is 7.82. The lowest BCUT2D eigenvalue weighted by atomic mass is 9.76. The van der Waals surface area contributed by atoms with Gasteiger partial charge >= 0.3 is 0 Å². The molecule has 0 radical (unpaired) electrons. The molecule has 2 amide bonds. The van der Waals surface area contributed by atoms with Crippen LogP contribution in [0.5, 0.6) is 0 Å². The highest BCUT2D eigenvalue weighted by atomic mass is 35.5. The number of hydrogen-bond donors (Lipinski definition) is 0. The summed E-state index contributed by atoms with van der Waals surface area (Å²) in [5, 5.41) is 0.627. The van der Waals surface area contributed by atoms with Gasteiger partial charge in [0.1, 0.15) is 0 Å². The molecule has 6 heteroatoms. The Balaban J connectivity index is 1.67. The largest absolute Gasteiger partial charge is 0.339 e. The zero-order valence-corrected chi connectivity index (χ0v) is 16.0. The predicted molar refractivity (Wildman–Crippen MR) is 101 cm³/mol. The van der Waals surface area contributed by atoms with E-state index in [0.717, 1.165) is 44.7 Å². The first kappa shape index (κ1) is 17.8. The molecular weight excluding hydrogens is 350 g/mol. The average Bonchev–Trinajstić information content (AvgIpc) is 3.21. The second-order valence-corrected chi connectivity index (χ2v) is 8.11. The summed E-state index contributed by atoms with van der Waals surface area (Å²) in [6.45, 7) is 6.95. The number of rotatable bonds is 3. The lowest BCUT2D eigenvalue weighted by Gasteiger charge is -2.40. The number of likely N-dealkylation sites (N-methyl/N-ethyl adjacent to an activating group) is 1. The van der Waals surface area contributed by atoms with Crippen LogP contribution in [0, 0.1) is 0 Å². The van der Waals surface area contributed by atoms with Gasteiger partial charge in [0.05, 0.1) is 5.41 Å². The van der Waals surface area contributed by atoms with E-state index in [9.17, 15) is 9.59 Å². The fraction of sp³-hybridized carbons (Fsp3) is 0.600. The topological polar surface area (TPSA) is 43.9 Å². The van der Waals surface area contributed by atoms with Crippen molar-refractivity contribution >= 4 is 23.4 Å². The number of nitrogens with zero attached hydrogens (tertiary/aromatic N) is 3. The molecule has 0 saturated carbocycles. The molecule has 3 heterocycles. The molecule has 2 unspecified atom stereocenters. The summed E-state index contributed by atoms with van der Waals surface area (Å²) in [7, 11) is 0. The molecule has 1 aromatic rings. The summed E-state index contributed by atoms with van der Waals surface area (Å²) >= 11 is 6.53. The number of amides is 2. The van der Waals surface area contributed by atoms with Crippen LogP contribution in [0.4, 0.5) is 0 Å². The van der Waals surface area contributed by atoms with Gasteiger partial charge < -0.3 is 14.7 Å². The summed E-state index contributed by atoms with van der Waals surface area (Å²) in [4.78, 5) is 32.3. The van der Waals surface area contributed by atoms with E-state index in [4.69, 9.17) is 11.6 Å². The van der Waals surface area contributed by atoms with Crippen LogP contribution in [-0.2, 0) is 15.0 Å². The van der Waals surface area contributed by atoms with Gasteiger partial charge in [-0.2, -0.15) is 0 Å². The molecule has 0 bridgehead atoms. The monoisotopic (exact) mass is 375 g/mol. The quantitative estimate of drug-likeness (QED) is 0.813. The molecule has 1 aromatic carbocycles. The number of halogens is 1. The molecular formula is C20H26ClN3O2. The zero-order valence-electron chi connectivity index (χ0n) is 15.3. The molecule has 0 aliphatic carbocycles. The van der Waals surface area contributed by atoms with Crippen molar-refractivity contribution in [2.75, 3.05) is 39.3 Å². The molecule has 4 rings (SSSR count). The van der Waals surface area contributed by atoms with Gasteiger partial charge in [0.15, 0.2) is 0 Å². The predicted octanol–water partition coefficient (Wildman–Crippen LogP) is 2.14. The summed E-state index contributed by atoms with van der Waals surface area (Å²) in [5.41, 5.74) is 0.180. The summed E-state index contributed by atoms with van der Waals surface area (Å²) in [5.74, 6) is 0.316. The number of fused-ring (bicyclic) bond motifs is 1. The Morgan fingerprint density at radius 2 is 1.96 bits per heavy atom. The third-order valence-electron chi connectivity index (χ3n) is 6.38. The Hall–Kier alpha value is -1.59. The highest BCUT2D eigenvalue weighted by Gasteiger charge is 2.55. The summed E-state index contributed by atoms with van der Waals surface area (Å²) in [6.07, 6.45) is 2.14. The molecule has 3 aliphatic rings. The second kappa shape index (κ2) is 6.86. The first-order valence-corrected chi connectivity index (χ1v) is 9.99. The number of carbonyl (C=O) groups is 2. The van der Waals surface area contributed by atoms with Crippen molar-refractivity contribution in [1.82, 2.24) is 14.7 Å². The minimum atomic E-state index is -0.701. The van der Waals surface area contributed by atoms with Crippen LogP contribution in [0.1, 0.15) is 31.7 Å². The van der Waals surface area contributed by atoms with Crippen LogP contribution in [0.3, 0.4) is 0 Å².